The quantitative estimate of drug-likeness (QED) is 0.664. The summed E-state index contributed by atoms with van der Waals surface area (Å²) >= 11 is 19.4. The van der Waals surface area contributed by atoms with Gasteiger partial charge in [-0.15, -0.1) is 0 Å². The summed E-state index contributed by atoms with van der Waals surface area (Å²) in [4.78, 5) is 12.8. The van der Waals surface area contributed by atoms with Gasteiger partial charge in [-0.1, -0.05) is 52.6 Å². The van der Waals surface area contributed by atoms with Crippen molar-refractivity contribution < 1.29 is 4.79 Å². The van der Waals surface area contributed by atoms with E-state index < -0.39 is 0 Å². The van der Waals surface area contributed by atoms with Gasteiger partial charge in [-0.05, 0) is 54.5 Å². The van der Waals surface area contributed by atoms with E-state index in [1.54, 1.807) is 24.3 Å². The van der Waals surface area contributed by atoms with Crippen molar-refractivity contribution in [3.05, 3.63) is 67.5 Å². The fourth-order valence-electron chi connectivity index (χ4n) is 2.26. The first-order valence-corrected chi connectivity index (χ1v) is 9.11. The average molecular weight is 400 g/mol. The van der Waals surface area contributed by atoms with Gasteiger partial charge in [0, 0.05) is 20.8 Å². The molecule has 1 aliphatic rings. The molecule has 3 rings (SSSR count). The Bertz CT molecular complexity index is 839. The first kappa shape index (κ1) is 17.5. The predicted octanol–water partition coefficient (Wildman–Crippen LogP) is 5.55. The van der Waals surface area contributed by atoms with Gasteiger partial charge in [-0.2, -0.15) is 0 Å². The van der Waals surface area contributed by atoms with Crippen molar-refractivity contribution in [3.63, 3.8) is 0 Å². The highest BCUT2D eigenvalue weighted by Gasteiger charge is 2.27. The van der Waals surface area contributed by atoms with Crippen molar-refractivity contribution in [2.75, 3.05) is 5.32 Å². The summed E-state index contributed by atoms with van der Waals surface area (Å²) in [6, 6.07) is 10.7. The van der Waals surface area contributed by atoms with Crippen LogP contribution in [0.25, 0.3) is 6.08 Å². The third-order valence-corrected chi connectivity index (χ3v) is 5.28. The molecule has 1 fully saturated rings. The first-order valence-electron chi connectivity index (χ1n) is 7.09. The number of amides is 1. The number of thioether (sulfide) groups is 1. The predicted molar refractivity (Wildman–Crippen MR) is 104 cm³/mol. The summed E-state index contributed by atoms with van der Waals surface area (Å²) in [6.07, 6.45) is 1.76. The minimum absolute atomic E-state index is 0.143. The van der Waals surface area contributed by atoms with Gasteiger partial charge >= 0.3 is 0 Å². The molecule has 1 saturated heterocycles. The topological polar surface area (TPSA) is 41.1 Å². The summed E-state index contributed by atoms with van der Waals surface area (Å²) in [5.41, 5.74) is 2.43. The van der Waals surface area contributed by atoms with Crippen LogP contribution in [0.5, 0.6) is 0 Å². The second-order valence-electron chi connectivity index (χ2n) is 5.25. The molecule has 124 valence electrons. The zero-order valence-corrected chi connectivity index (χ0v) is 15.7. The van der Waals surface area contributed by atoms with Crippen LogP contribution in [0, 0.1) is 6.92 Å². The first-order chi connectivity index (χ1) is 11.4. The number of benzene rings is 2. The van der Waals surface area contributed by atoms with Crippen LogP contribution in [0.4, 0.5) is 5.69 Å². The van der Waals surface area contributed by atoms with Gasteiger partial charge in [0.25, 0.3) is 5.91 Å². The van der Waals surface area contributed by atoms with Crippen molar-refractivity contribution >= 4 is 64.2 Å². The number of nitrogens with one attached hydrogen (secondary N) is 2. The summed E-state index contributed by atoms with van der Waals surface area (Å²) in [5, 5.41) is 7.92. The van der Waals surface area contributed by atoms with Crippen molar-refractivity contribution in [3.8, 4) is 0 Å². The molecule has 1 amide bonds. The number of hydrogen-bond acceptors (Lipinski definition) is 3. The lowest BCUT2D eigenvalue weighted by Crippen LogP contribution is -2.31. The highest BCUT2D eigenvalue weighted by atomic mass is 35.5. The molecular formula is C17H13Cl3N2OS. The van der Waals surface area contributed by atoms with Gasteiger partial charge in [0.2, 0.25) is 0 Å². The molecule has 1 unspecified atom stereocenters. The van der Waals surface area contributed by atoms with Crippen LogP contribution in [0.2, 0.25) is 15.1 Å². The third-order valence-electron chi connectivity index (χ3n) is 3.45. The minimum atomic E-state index is -0.255. The molecule has 0 saturated carbocycles. The second-order valence-corrected chi connectivity index (χ2v) is 7.68. The average Bonchev–Trinajstić information content (AvgIpc) is 2.85. The van der Waals surface area contributed by atoms with Crippen molar-refractivity contribution in [2.24, 2.45) is 0 Å². The van der Waals surface area contributed by atoms with Crippen molar-refractivity contribution in [2.45, 2.75) is 12.4 Å². The third kappa shape index (κ3) is 4.01. The number of halogens is 3. The Hall–Kier alpha value is -1.33. The lowest BCUT2D eigenvalue weighted by molar-refractivity contribution is -0.116. The minimum Gasteiger partial charge on any atom is -0.356 e. The van der Waals surface area contributed by atoms with Crippen molar-refractivity contribution in [1.29, 1.82) is 0 Å². The summed E-state index contributed by atoms with van der Waals surface area (Å²) in [5.74, 6) is -0.143. The van der Waals surface area contributed by atoms with Crippen LogP contribution in [-0.4, -0.2) is 11.4 Å². The molecule has 1 heterocycles. The summed E-state index contributed by atoms with van der Waals surface area (Å²) in [6.45, 7) is 1.96. The molecule has 2 aromatic carbocycles. The molecule has 1 atom stereocenters. The molecule has 0 spiro atoms. The number of anilines is 1. The van der Waals surface area contributed by atoms with E-state index >= 15 is 0 Å². The molecule has 3 nitrogen and oxygen atoms in total. The van der Waals surface area contributed by atoms with Gasteiger partial charge in [-0.3, -0.25) is 4.79 Å². The van der Waals surface area contributed by atoms with Crippen LogP contribution in [0.15, 0.2) is 41.3 Å². The van der Waals surface area contributed by atoms with Gasteiger partial charge in [0.1, 0.15) is 0 Å². The monoisotopic (exact) mass is 398 g/mol. The number of aryl methyl sites for hydroxylation is 1. The zero-order valence-electron chi connectivity index (χ0n) is 12.6. The Labute approximate surface area is 159 Å². The van der Waals surface area contributed by atoms with Gasteiger partial charge in [0.15, 0.2) is 5.50 Å². The van der Waals surface area contributed by atoms with Gasteiger partial charge in [-0.25, -0.2) is 0 Å². The molecule has 0 radical (unpaired) electrons. The molecular weight excluding hydrogens is 387 g/mol. The van der Waals surface area contributed by atoms with E-state index in [1.165, 1.54) is 11.8 Å². The fourth-order valence-corrected chi connectivity index (χ4v) is 3.91. The number of carbonyl (C=O) groups excluding carboxylic acids is 1. The van der Waals surface area contributed by atoms with Crippen LogP contribution >= 0.6 is 46.6 Å². The molecule has 1 aliphatic heterocycles. The fraction of sp³-hybridized carbons (Fsp3) is 0.118. The Morgan fingerprint density at radius 2 is 1.83 bits per heavy atom. The molecule has 2 aromatic rings. The largest absolute Gasteiger partial charge is 0.356 e. The molecule has 24 heavy (non-hydrogen) atoms. The Kier molecular flexibility index (Phi) is 5.30. The zero-order chi connectivity index (χ0) is 17.3. The summed E-state index contributed by atoms with van der Waals surface area (Å²) < 4.78 is 0. The maximum absolute atomic E-state index is 12.2. The van der Waals surface area contributed by atoms with Crippen LogP contribution < -0.4 is 10.6 Å². The molecule has 0 aromatic heterocycles. The Morgan fingerprint density at radius 1 is 1.12 bits per heavy atom. The Morgan fingerprint density at radius 3 is 2.54 bits per heavy atom. The van der Waals surface area contributed by atoms with E-state index in [4.69, 9.17) is 34.8 Å². The maximum atomic E-state index is 12.2. The highest BCUT2D eigenvalue weighted by Crippen LogP contribution is 2.33. The van der Waals surface area contributed by atoms with E-state index in [9.17, 15) is 4.79 Å². The highest BCUT2D eigenvalue weighted by molar-refractivity contribution is 8.05. The van der Waals surface area contributed by atoms with Crippen LogP contribution in [0.1, 0.15) is 11.1 Å². The lowest BCUT2D eigenvalue weighted by atomic mass is 10.2. The summed E-state index contributed by atoms with van der Waals surface area (Å²) in [7, 11) is 0. The normalized spacial score (nSPS) is 18.8. The molecule has 0 bridgehead atoms. The smallest absolute Gasteiger partial charge is 0.260 e. The standard InChI is InChI=1S/C17H13Cl3N2OS/c1-9-6-11(18)4-5-14(9)21-17-22-16(23)15(24-17)7-10-2-3-12(19)8-13(10)20/h2-8,17,21H,1H3,(H,22,23)/b15-7-. The molecule has 2 N–H and O–H groups in total. The van der Waals surface area contributed by atoms with E-state index in [2.05, 4.69) is 10.6 Å². The van der Waals surface area contributed by atoms with Gasteiger partial charge < -0.3 is 10.6 Å². The Balaban J connectivity index is 1.77. The number of hydrogen-bond donors (Lipinski definition) is 2. The number of rotatable bonds is 3. The van der Waals surface area contributed by atoms with E-state index in [1.807, 2.05) is 25.1 Å². The van der Waals surface area contributed by atoms with E-state index in [0.29, 0.717) is 20.0 Å². The van der Waals surface area contributed by atoms with Crippen LogP contribution in [0.3, 0.4) is 0 Å². The lowest BCUT2D eigenvalue weighted by Gasteiger charge is -2.15. The SMILES string of the molecule is Cc1cc(Cl)ccc1NC1NC(=O)/C(=C/c2ccc(Cl)cc2Cl)S1. The second kappa shape index (κ2) is 7.28. The van der Waals surface area contributed by atoms with Crippen LogP contribution in [-0.2, 0) is 4.79 Å². The number of carbonyl (C=O) groups is 1. The van der Waals surface area contributed by atoms with Gasteiger partial charge in [0.05, 0.1) is 4.91 Å². The molecule has 7 heteroatoms. The van der Waals surface area contributed by atoms with E-state index in [-0.39, 0.29) is 11.4 Å². The maximum Gasteiger partial charge on any atom is 0.260 e. The molecule has 0 aliphatic carbocycles. The van der Waals surface area contributed by atoms with Crippen molar-refractivity contribution in [1.82, 2.24) is 5.32 Å². The van der Waals surface area contributed by atoms with E-state index in [0.717, 1.165) is 16.8 Å².